The summed E-state index contributed by atoms with van der Waals surface area (Å²) in [6.07, 6.45) is 5.30. The quantitative estimate of drug-likeness (QED) is 0.690. The summed E-state index contributed by atoms with van der Waals surface area (Å²) in [6.45, 7) is 0. The number of rotatable bonds is 3. The average molecular weight is 336 g/mol. The van der Waals surface area contributed by atoms with Crippen molar-refractivity contribution >= 4 is 23.4 Å². The third-order valence-corrected chi connectivity index (χ3v) is 4.37. The fourth-order valence-corrected chi connectivity index (χ4v) is 3.04. The maximum atomic E-state index is 12.5. The standard InChI is InChI=1S/C21H12N4O/c26-19(13-4-2-1-3-5-13)14-6-8-15(9-7-14)20-24-17-12-23-21-16(10-11-22-21)18(17)25-20/h1-12H. The van der Waals surface area contributed by atoms with E-state index < -0.39 is 0 Å². The van der Waals surface area contributed by atoms with E-state index in [1.165, 1.54) is 0 Å². The molecule has 0 bridgehead atoms. The smallest absolute Gasteiger partial charge is 0.193 e. The first-order chi connectivity index (χ1) is 12.8. The topological polar surface area (TPSA) is 67.0 Å². The lowest BCUT2D eigenvalue weighted by atomic mass is 10.0. The summed E-state index contributed by atoms with van der Waals surface area (Å²) in [5.74, 6) is 0.619. The molecule has 5 rings (SSSR count). The molecule has 0 unspecified atom stereocenters. The molecule has 2 aliphatic rings. The lowest BCUT2D eigenvalue weighted by Crippen LogP contribution is -2.15. The van der Waals surface area contributed by atoms with Crippen molar-refractivity contribution in [1.29, 1.82) is 0 Å². The van der Waals surface area contributed by atoms with Crippen LogP contribution in [0.25, 0.3) is 6.08 Å². The molecule has 0 radical (unpaired) electrons. The molecule has 0 N–H and O–H groups in total. The van der Waals surface area contributed by atoms with E-state index >= 15 is 0 Å². The number of pyridine rings is 1. The number of fused-ring (bicyclic) bond motifs is 3. The molecule has 0 saturated carbocycles. The van der Waals surface area contributed by atoms with E-state index in [1.54, 1.807) is 12.4 Å². The minimum absolute atomic E-state index is 0.000459. The molecule has 3 aromatic rings. The highest BCUT2D eigenvalue weighted by atomic mass is 16.1. The zero-order chi connectivity index (χ0) is 17.5. The van der Waals surface area contributed by atoms with Gasteiger partial charge in [-0.15, -0.1) is 0 Å². The van der Waals surface area contributed by atoms with Crippen LogP contribution < -0.4 is 10.8 Å². The summed E-state index contributed by atoms with van der Waals surface area (Å²) in [5, 5.41) is 0.741. The van der Waals surface area contributed by atoms with Gasteiger partial charge in [-0.05, 0) is 6.08 Å². The van der Waals surface area contributed by atoms with Gasteiger partial charge in [-0.3, -0.25) is 4.79 Å². The molecule has 122 valence electrons. The molecule has 0 saturated heterocycles. The highest BCUT2D eigenvalue weighted by Crippen LogP contribution is 2.21. The van der Waals surface area contributed by atoms with Crippen LogP contribution in [0.3, 0.4) is 0 Å². The highest BCUT2D eigenvalue weighted by Gasteiger charge is 2.17. The summed E-state index contributed by atoms with van der Waals surface area (Å²) in [4.78, 5) is 30.2. The third kappa shape index (κ3) is 2.29. The average Bonchev–Trinajstić information content (AvgIpc) is 3.34. The number of amidine groups is 1. The van der Waals surface area contributed by atoms with E-state index in [2.05, 4.69) is 20.0 Å². The van der Waals surface area contributed by atoms with E-state index in [-0.39, 0.29) is 5.78 Å². The van der Waals surface area contributed by atoms with Crippen LogP contribution in [0.1, 0.15) is 27.0 Å². The first-order valence-electron chi connectivity index (χ1n) is 8.20. The molecule has 0 fully saturated rings. The maximum Gasteiger partial charge on any atom is 0.193 e. The number of hydrogen-bond donors (Lipinski definition) is 0. The highest BCUT2D eigenvalue weighted by molar-refractivity contribution is 6.10. The number of carbonyl (C=O) groups is 1. The Morgan fingerprint density at radius 3 is 2.42 bits per heavy atom. The van der Waals surface area contributed by atoms with Gasteiger partial charge in [0.05, 0.1) is 6.20 Å². The first kappa shape index (κ1) is 14.6. The maximum absolute atomic E-state index is 12.5. The lowest BCUT2D eigenvalue weighted by Gasteiger charge is -2.03. The summed E-state index contributed by atoms with van der Waals surface area (Å²) in [6, 6.07) is 16.6. The first-order valence-corrected chi connectivity index (χ1v) is 8.20. The Bertz CT molecular complexity index is 1220. The van der Waals surface area contributed by atoms with Gasteiger partial charge in [0.1, 0.15) is 11.0 Å². The van der Waals surface area contributed by atoms with Crippen LogP contribution in [-0.2, 0) is 0 Å². The summed E-state index contributed by atoms with van der Waals surface area (Å²) in [7, 11) is 0. The van der Waals surface area contributed by atoms with Crippen LogP contribution in [0.2, 0.25) is 0 Å². The molecule has 2 aliphatic heterocycles. The minimum atomic E-state index is -0.000459. The fraction of sp³-hybridized carbons (Fsp3) is 0. The number of carbonyl (C=O) groups excluding carboxylic acids is 1. The molecule has 0 spiro atoms. The Morgan fingerprint density at radius 1 is 0.846 bits per heavy atom. The normalized spacial score (nSPS) is 13.5. The number of benzene rings is 2. The number of nitrogens with zero attached hydrogens (tertiary/aromatic N) is 4. The van der Waals surface area contributed by atoms with Gasteiger partial charge in [0.15, 0.2) is 17.1 Å². The van der Waals surface area contributed by atoms with Crippen LogP contribution in [0.5, 0.6) is 0 Å². The zero-order valence-electron chi connectivity index (χ0n) is 13.6. The van der Waals surface area contributed by atoms with Gasteiger partial charge in [0, 0.05) is 28.5 Å². The van der Waals surface area contributed by atoms with E-state index in [1.807, 2.05) is 60.7 Å². The van der Waals surface area contributed by atoms with Crippen molar-refractivity contribution < 1.29 is 4.79 Å². The van der Waals surface area contributed by atoms with Gasteiger partial charge in [0.2, 0.25) is 0 Å². The molecule has 2 aromatic carbocycles. The molecular formula is C21H12N4O. The Kier molecular flexibility index (Phi) is 3.18. The van der Waals surface area contributed by atoms with Crippen molar-refractivity contribution in [3.63, 3.8) is 0 Å². The molecule has 0 aliphatic carbocycles. The van der Waals surface area contributed by atoms with E-state index in [0.29, 0.717) is 22.5 Å². The van der Waals surface area contributed by atoms with Crippen LogP contribution in [-0.4, -0.2) is 16.6 Å². The predicted molar refractivity (Wildman–Crippen MR) is 98.1 cm³/mol. The van der Waals surface area contributed by atoms with Crippen molar-refractivity contribution in [2.45, 2.75) is 0 Å². The zero-order valence-corrected chi connectivity index (χ0v) is 13.6. The van der Waals surface area contributed by atoms with Gasteiger partial charge in [-0.1, -0.05) is 54.6 Å². The van der Waals surface area contributed by atoms with Crippen molar-refractivity contribution in [3.8, 4) is 0 Å². The summed E-state index contributed by atoms with van der Waals surface area (Å²) < 4.78 is 0. The number of aliphatic imine (C=N–C) groups is 1. The lowest BCUT2D eigenvalue weighted by molar-refractivity contribution is 0.103. The molecule has 5 heteroatoms. The van der Waals surface area contributed by atoms with Gasteiger partial charge in [-0.2, -0.15) is 0 Å². The van der Waals surface area contributed by atoms with E-state index in [9.17, 15) is 4.79 Å². The van der Waals surface area contributed by atoms with Crippen LogP contribution in [0, 0.1) is 0 Å². The molecule has 0 amide bonds. The van der Waals surface area contributed by atoms with Gasteiger partial charge >= 0.3 is 0 Å². The summed E-state index contributed by atoms with van der Waals surface area (Å²) in [5.41, 5.74) is 4.54. The SMILES string of the molecule is O=C(c1ccccc1)c1ccc(C2=Nc3c4c(ncc3=N2)=NC=C4)cc1. The second-order valence-corrected chi connectivity index (χ2v) is 5.99. The molecule has 5 nitrogen and oxygen atoms in total. The minimum Gasteiger partial charge on any atom is -0.289 e. The van der Waals surface area contributed by atoms with E-state index in [4.69, 9.17) is 0 Å². The Morgan fingerprint density at radius 2 is 1.62 bits per heavy atom. The molecule has 1 aromatic heterocycles. The van der Waals surface area contributed by atoms with Gasteiger partial charge in [-0.25, -0.2) is 20.0 Å². The molecule has 26 heavy (non-hydrogen) atoms. The van der Waals surface area contributed by atoms with Crippen molar-refractivity contribution in [2.24, 2.45) is 15.0 Å². The Labute approximate surface area is 148 Å². The fourth-order valence-electron chi connectivity index (χ4n) is 3.04. The van der Waals surface area contributed by atoms with Gasteiger partial charge < -0.3 is 0 Å². The number of ketones is 1. The Balaban J connectivity index is 1.49. The largest absolute Gasteiger partial charge is 0.289 e. The predicted octanol–water partition coefficient (Wildman–Crippen LogP) is 2.63. The van der Waals surface area contributed by atoms with Crippen LogP contribution in [0.15, 0.2) is 82.0 Å². The second-order valence-electron chi connectivity index (χ2n) is 5.99. The van der Waals surface area contributed by atoms with Crippen LogP contribution in [0.4, 0.5) is 5.69 Å². The summed E-state index contributed by atoms with van der Waals surface area (Å²) >= 11 is 0. The van der Waals surface area contributed by atoms with Crippen molar-refractivity contribution in [3.05, 3.63) is 100 Å². The van der Waals surface area contributed by atoms with E-state index in [0.717, 1.165) is 22.2 Å². The Hall–Kier alpha value is -3.73. The number of hydrogen-bond acceptors (Lipinski definition) is 5. The van der Waals surface area contributed by atoms with Crippen molar-refractivity contribution in [1.82, 2.24) is 4.98 Å². The molecule has 3 heterocycles. The van der Waals surface area contributed by atoms with Crippen LogP contribution >= 0.6 is 0 Å². The second kappa shape index (κ2) is 5.67. The van der Waals surface area contributed by atoms with Gasteiger partial charge in [0.25, 0.3) is 0 Å². The number of aromatic nitrogens is 1. The molecular weight excluding hydrogens is 324 g/mol. The third-order valence-electron chi connectivity index (χ3n) is 4.37. The molecule has 0 atom stereocenters. The van der Waals surface area contributed by atoms with Crippen molar-refractivity contribution in [2.75, 3.05) is 0 Å². The monoisotopic (exact) mass is 336 g/mol.